The molecular formula is C13H20N4O2. The van der Waals surface area contributed by atoms with Gasteiger partial charge in [-0.2, -0.15) is 0 Å². The highest BCUT2D eigenvalue weighted by atomic mass is 16.5. The number of methoxy groups -OCH3 is 1. The van der Waals surface area contributed by atoms with Crippen molar-refractivity contribution in [1.29, 1.82) is 0 Å². The SMILES string of the molecule is CC.COc1cnc(C)nc1.Cc1ncc(O)cn1. The molecule has 2 heterocycles. The predicted octanol–water partition coefficient (Wildman–Crippen LogP) is 2.31. The highest BCUT2D eigenvalue weighted by Gasteiger charge is 1.88. The molecule has 0 atom stereocenters. The van der Waals surface area contributed by atoms with E-state index in [0.717, 1.165) is 5.82 Å². The lowest BCUT2D eigenvalue weighted by atomic mass is 10.6. The number of nitrogens with zero attached hydrogens (tertiary/aromatic N) is 4. The van der Waals surface area contributed by atoms with Gasteiger partial charge in [0.2, 0.25) is 0 Å². The molecular weight excluding hydrogens is 244 g/mol. The highest BCUT2D eigenvalue weighted by molar-refractivity contribution is 5.11. The number of rotatable bonds is 1. The van der Waals surface area contributed by atoms with Crippen molar-refractivity contribution in [3.8, 4) is 11.5 Å². The van der Waals surface area contributed by atoms with Crippen molar-refractivity contribution in [2.24, 2.45) is 0 Å². The van der Waals surface area contributed by atoms with Gasteiger partial charge in [0.15, 0.2) is 11.5 Å². The molecule has 0 saturated heterocycles. The number of aryl methyl sites for hydroxylation is 2. The van der Waals surface area contributed by atoms with Gasteiger partial charge in [-0.3, -0.25) is 0 Å². The first-order valence-electron chi connectivity index (χ1n) is 5.92. The maximum atomic E-state index is 8.63. The summed E-state index contributed by atoms with van der Waals surface area (Å²) in [4.78, 5) is 15.3. The number of aromatic nitrogens is 4. The molecule has 0 aliphatic heterocycles. The topological polar surface area (TPSA) is 81.0 Å². The summed E-state index contributed by atoms with van der Waals surface area (Å²) in [6.45, 7) is 7.60. The van der Waals surface area contributed by atoms with Crippen LogP contribution >= 0.6 is 0 Å². The molecule has 0 aromatic carbocycles. The Hall–Kier alpha value is -2.24. The molecule has 1 N–H and O–H groups in total. The molecule has 0 spiro atoms. The molecule has 2 rings (SSSR count). The largest absolute Gasteiger partial charge is 0.505 e. The Morgan fingerprint density at radius 2 is 1.21 bits per heavy atom. The molecule has 0 aliphatic carbocycles. The molecule has 0 unspecified atom stereocenters. The Kier molecular flexibility index (Phi) is 8.61. The van der Waals surface area contributed by atoms with E-state index in [1.54, 1.807) is 26.4 Å². The zero-order chi connectivity index (χ0) is 14.7. The van der Waals surface area contributed by atoms with E-state index in [4.69, 9.17) is 9.84 Å². The van der Waals surface area contributed by atoms with E-state index in [9.17, 15) is 0 Å². The lowest BCUT2D eigenvalue weighted by Gasteiger charge is -1.95. The van der Waals surface area contributed by atoms with E-state index in [0.29, 0.717) is 11.6 Å². The summed E-state index contributed by atoms with van der Waals surface area (Å²) in [5.41, 5.74) is 0. The quantitative estimate of drug-likeness (QED) is 0.851. The van der Waals surface area contributed by atoms with E-state index in [1.165, 1.54) is 12.4 Å². The van der Waals surface area contributed by atoms with Gasteiger partial charge >= 0.3 is 0 Å². The Bertz CT molecular complexity index is 422. The van der Waals surface area contributed by atoms with Crippen LogP contribution in [0.2, 0.25) is 0 Å². The Balaban J connectivity index is 0.000000303. The average Bonchev–Trinajstić information content (AvgIpc) is 2.46. The molecule has 104 valence electrons. The molecule has 0 amide bonds. The fourth-order valence-corrected chi connectivity index (χ4v) is 0.872. The van der Waals surface area contributed by atoms with Crippen molar-refractivity contribution in [3.63, 3.8) is 0 Å². The van der Waals surface area contributed by atoms with Crippen LogP contribution in [-0.4, -0.2) is 32.2 Å². The third kappa shape index (κ3) is 7.64. The molecule has 0 saturated carbocycles. The van der Waals surface area contributed by atoms with E-state index >= 15 is 0 Å². The minimum atomic E-state index is 0.107. The summed E-state index contributed by atoms with van der Waals surface area (Å²) in [5.74, 6) is 2.23. The first-order chi connectivity index (χ1) is 9.11. The van der Waals surface area contributed by atoms with Gasteiger partial charge in [-0.15, -0.1) is 0 Å². The molecule has 0 fully saturated rings. The number of ether oxygens (including phenoxy) is 1. The monoisotopic (exact) mass is 264 g/mol. The lowest BCUT2D eigenvalue weighted by Crippen LogP contribution is -1.88. The van der Waals surface area contributed by atoms with Crippen LogP contribution in [0.25, 0.3) is 0 Å². The standard InChI is InChI=1S/C6H8N2O.C5H6N2O.C2H6/c1-5-7-3-6(9-2)4-8-5;1-4-6-2-5(8)3-7-4;1-2/h3-4H,1-2H3;2-3,8H,1H3;1-2H3. The summed E-state index contributed by atoms with van der Waals surface area (Å²) in [6, 6.07) is 0. The molecule has 2 aromatic rings. The highest BCUT2D eigenvalue weighted by Crippen LogP contribution is 2.02. The number of hydrogen-bond acceptors (Lipinski definition) is 6. The molecule has 0 bridgehead atoms. The summed E-state index contributed by atoms with van der Waals surface area (Å²) < 4.78 is 4.84. The van der Waals surface area contributed by atoms with Crippen LogP contribution in [0.5, 0.6) is 11.5 Å². The minimum Gasteiger partial charge on any atom is -0.505 e. The van der Waals surface area contributed by atoms with Crippen molar-refractivity contribution in [2.45, 2.75) is 27.7 Å². The van der Waals surface area contributed by atoms with E-state index in [1.807, 2.05) is 20.8 Å². The molecule has 0 aliphatic rings. The predicted molar refractivity (Wildman–Crippen MR) is 73.1 cm³/mol. The van der Waals surface area contributed by atoms with E-state index in [-0.39, 0.29) is 5.75 Å². The van der Waals surface area contributed by atoms with Crippen LogP contribution in [0.4, 0.5) is 0 Å². The Labute approximate surface area is 113 Å². The second-order valence-corrected chi connectivity index (χ2v) is 3.16. The number of hydrogen-bond donors (Lipinski definition) is 1. The van der Waals surface area contributed by atoms with Gasteiger partial charge < -0.3 is 9.84 Å². The molecule has 19 heavy (non-hydrogen) atoms. The van der Waals surface area contributed by atoms with Crippen molar-refractivity contribution in [2.75, 3.05) is 7.11 Å². The fraction of sp³-hybridized carbons (Fsp3) is 0.385. The van der Waals surface area contributed by atoms with Crippen LogP contribution in [0, 0.1) is 13.8 Å². The van der Waals surface area contributed by atoms with Crippen LogP contribution in [-0.2, 0) is 0 Å². The van der Waals surface area contributed by atoms with Gasteiger partial charge in [0.1, 0.15) is 11.6 Å². The van der Waals surface area contributed by atoms with Crippen LogP contribution < -0.4 is 4.74 Å². The van der Waals surface area contributed by atoms with Gasteiger partial charge in [0, 0.05) is 0 Å². The first-order valence-corrected chi connectivity index (χ1v) is 5.92. The van der Waals surface area contributed by atoms with Crippen LogP contribution in [0.15, 0.2) is 24.8 Å². The molecule has 6 heteroatoms. The van der Waals surface area contributed by atoms with Crippen molar-refractivity contribution < 1.29 is 9.84 Å². The maximum absolute atomic E-state index is 8.63. The smallest absolute Gasteiger partial charge is 0.155 e. The third-order valence-corrected chi connectivity index (χ3v) is 1.76. The lowest BCUT2D eigenvalue weighted by molar-refractivity contribution is 0.410. The minimum absolute atomic E-state index is 0.107. The normalized spacial score (nSPS) is 8.47. The number of aromatic hydroxyl groups is 1. The summed E-state index contributed by atoms with van der Waals surface area (Å²) >= 11 is 0. The van der Waals surface area contributed by atoms with E-state index < -0.39 is 0 Å². The zero-order valence-corrected chi connectivity index (χ0v) is 12.0. The average molecular weight is 264 g/mol. The fourth-order valence-electron chi connectivity index (χ4n) is 0.872. The van der Waals surface area contributed by atoms with Crippen molar-refractivity contribution in [1.82, 2.24) is 19.9 Å². The molecule has 6 nitrogen and oxygen atoms in total. The summed E-state index contributed by atoms with van der Waals surface area (Å²) in [6.07, 6.45) is 6.01. The van der Waals surface area contributed by atoms with Gasteiger partial charge in [-0.25, -0.2) is 19.9 Å². The molecule has 0 radical (unpaired) electrons. The second-order valence-electron chi connectivity index (χ2n) is 3.16. The second kappa shape index (κ2) is 9.76. The van der Waals surface area contributed by atoms with Crippen molar-refractivity contribution >= 4 is 0 Å². The summed E-state index contributed by atoms with van der Waals surface area (Å²) in [7, 11) is 1.59. The van der Waals surface area contributed by atoms with Gasteiger partial charge in [-0.05, 0) is 13.8 Å². The Morgan fingerprint density at radius 1 is 0.842 bits per heavy atom. The van der Waals surface area contributed by atoms with E-state index in [2.05, 4.69) is 19.9 Å². The van der Waals surface area contributed by atoms with Gasteiger partial charge in [-0.1, -0.05) is 13.8 Å². The summed E-state index contributed by atoms with van der Waals surface area (Å²) in [5, 5.41) is 8.63. The third-order valence-electron chi connectivity index (χ3n) is 1.76. The van der Waals surface area contributed by atoms with Crippen LogP contribution in [0.3, 0.4) is 0 Å². The van der Waals surface area contributed by atoms with Crippen molar-refractivity contribution in [3.05, 3.63) is 36.4 Å². The first kappa shape index (κ1) is 16.8. The maximum Gasteiger partial charge on any atom is 0.155 e. The molecule has 2 aromatic heterocycles. The van der Waals surface area contributed by atoms with Gasteiger partial charge in [0.25, 0.3) is 0 Å². The Morgan fingerprint density at radius 3 is 1.53 bits per heavy atom. The van der Waals surface area contributed by atoms with Gasteiger partial charge in [0.05, 0.1) is 31.9 Å². The van der Waals surface area contributed by atoms with Crippen LogP contribution in [0.1, 0.15) is 25.5 Å². The zero-order valence-electron chi connectivity index (χ0n) is 12.0.